The zero-order valence-electron chi connectivity index (χ0n) is 8.98. The van der Waals surface area contributed by atoms with Gasteiger partial charge in [0, 0.05) is 0 Å². The van der Waals surface area contributed by atoms with E-state index in [9.17, 15) is 20.1 Å². The van der Waals surface area contributed by atoms with E-state index in [4.69, 9.17) is 10.2 Å². The van der Waals surface area contributed by atoms with Crippen molar-refractivity contribution >= 4 is 5.97 Å². The minimum Gasteiger partial charge on any atom is -0.464 e. The van der Waals surface area contributed by atoms with Gasteiger partial charge in [-0.2, -0.15) is 0 Å². The second kappa shape index (κ2) is 7.53. The van der Waals surface area contributed by atoms with Crippen LogP contribution in [0.5, 0.6) is 0 Å². The van der Waals surface area contributed by atoms with Gasteiger partial charge in [-0.05, 0) is 6.42 Å². The predicted octanol–water partition coefficient (Wildman–Crippen LogP) is -2.62. The molecule has 0 aromatic carbocycles. The van der Waals surface area contributed by atoms with Crippen LogP contribution in [0.15, 0.2) is 0 Å². The summed E-state index contributed by atoms with van der Waals surface area (Å²) >= 11 is 0. The molecule has 0 aromatic rings. The molecule has 5 N–H and O–H groups in total. The van der Waals surface area contributed by atoms with E-state index in [0.29, 0.717) is 6.42 Å². The summed E-state index contributed by atoms with van der Waals surface area (Å²) in [6.07, 6.45) is -6.77. The van der Waals surface area contributed by atoms with Crippen LogP contribution in [0, 0.1) is 0 Å². The highest BCUT2D eigenvalue weighted by Crippen LogP contribution is 2.06. The normalized spacial score (nSPS) is 18.6. The quantitative estimate of drug-likeness (QED) is 0.307. The molecule has 0 heterocycles. The van der Waals surface area contributed by atoms with Gasteiger partial charge in [-0.25, -0.2) is 4.79 Å². The van der Waals surface area contributed by atoms with Gasteiger partial charge >= 0.3 is 5.97 Å². The zero-order chi connectivity index (χ0) is 12.7. The van der Waals surface area contributed by atoms with Gasteiger partial charge in [-0.15, -0.1) is 0 Å². The number of rotatable bonds is 7. The summed E-state index contributed by atoms with van der Waals surface area (Å²) in [6, 6.07) is 0. The first-order valence-electron chi connectivity index (χ1n) is 4.95. The van der Waals surface area contributed by atoms with Crippen LogP contribution in [0.4, 0.5) is 0 Å². The Morgan fingerprint density at radius 1 is 1.19 bits per heavy atom. The lowest BCUT2D eigenvalue weighted by atomic mass is 10.0. The van der Waals surface area contributed by atoms with Crippen LogP contribution in [0.25, 0.3) is 0 Å². The molecule has 0 aliphatic rings. The first-order valence-corrected chi connectivity index (χ1v) is 4.95. The maximum absolute atomic E-state index is 11.1. The number of carbonyl (C=O) groups excluding carboxylic acids is 1. The number of ether oxygens (including phenoxy) is 1. The molecule has 4 atom stereocenters. The number of hydrogen-bond donors (Lipinski definition) is 5. The molecule has 7 nitrogen and oxygen atoms in total. The monoisotopic (exact) mass is 238 g/mol. The summed E-state index contributed by atoms with van der Waals surface area (Å²) in [5.74, 6) is -1.08. The highest BCUT2D eigenvalue weighted by molar-refractivity contribution is 5.75. The third kappa shape index (κ3) is 4.42. The minimum atomic E-state index is -1.96. The molecule has 0 aliphatic heterocycles. The Hall–Kier alpha value is -0.730. The molecule has 16 heavy (non-hydrogen) atoms. The van der Waals surface area contributed by atoms with E-state index in [1.54, 1.807) is 6.92 Å². The molecule has 0 spiro atoms. The third-order valence-corrected chi connectivity index (χ3v) is 1.94. The van der Waals surface area contributed by atoms with E-state index >= 15 is 0 Å². The smallest absolute Gasteiger partial charge is 0.337 e. The maximum atomic E-state index is 11.1. The average molecular weight is 238 g/mol. The first-order chi connectivity index (χ1) is 7.45. The maximum Gasteiger partial charge on any atom is 0.337 e. The molecule has 0 unspecified atom stereocenters. The Bertz CT molecular complexity index is 208. The third-order valence-electron chi connectivity index (χ3n) is 1.94. The van der Waals surface area contributed by atoms with Gasteiger partial charge in [-0.1, -0.05) is 6.92 Å². The molecule has 0 aromatic heterocycles. The fraction of sp³-hybridized carbons (Fsp3) is 0.889. The van der Waals surface area contributed by atoms with Gasteiger partial charge in [0.1, 0.15) is 18.3 Å². The molecule has 0 fully saturated rings. The van der Waals surface area contributed by atoms with Gasteiger partial charge < -0.3 is 30.3 Å². The highest BCUT2D eigenvalue weighted by atomic mass is 16.5. The van der Waals surface area contributed by atoms with Gasteiger partial charge in [0.25, 0.3) is 0 Å². The van der Waals surface area contributed by atoms with Crippen LogP contribution < -0.4 is 0 Å². The Morgan fingerprint density at radius 2 is 1.75 bits per heavy atom. The second-order valence-corrected chi connectivity index (χ2v) is 3.34. The lowest BCUT2D eigenvalue weighted by molar-refractivity contribution is -0.170. The topological polar surface area (TPSA) is 127 Å². The van der Waals surface area contributed by atoms with Crippen LogP contribution in [-0.2, 0) is 9.53 Å². The van der Waals surface area contributed by atoms with Crippen molar-refractivity contribution in [2.45, 2.75) is 37.8 Å². The van der Waals surface area contributed by atoms with Crippen molar-refractivity contribution in [3.63, 3.8) is 0 Å². The Labute approximate surface area is 92.9 Å². The molecule has 0 aliphatic carbocycles. The standard InChI is InChI=1S/C9H18O7/c1-2-3-16-9(15)8(14)7(13)6(12)5(11)4-10/h5-8,10-14H,2-4H2,1H3/t5-,6-,7+,8-/m1/s1. The van der Waals surface area contributed by atoms with E-state index in [0.717, 1.165) is 0 Å². The summed E-state index contributed by atoms with van der Waals surface area (Å²) < 4.78 is 4.53. The molecule has 0 bridgehead atoms. The Balaban J connectivity index is 4.25. The van der Waals surface area contributed by atoms with Crippen molar-refractivity contribution in [2.75, 3.05) is 13.2 Å². The zero-order valence-corrected chi connectivity index (χ0v) is 8.98. The van der Waals surface area contributed by atoms with Crippen LogP contribution in [0.3, 0.4) is 0 Å². The van der Waals surface area contributed by atoms with Gasteiger partial charge in [-0.3, -0.25) is 0 Å². The summed E-state index contributed by atoms with van der Waals surface area (Å²) in [5.41, 5.74) is 0. The van der Waals surface area contributed by atoms with Crippen molar-refractivity contribution in [3.05, 3.63) is 0 Å². The van der Waals surface area contributed by atoms with E-state index in [2.05, 4.69) is 4.74 Å². The SMILES string of the molecule is CCCOC(=O)[C@H](O)[C@@H](O)[C@H](O)[C@H](O)CO. The molecule has 0 radical (unpaired) electrons. The van der Waals surface area contributed by atoms with Crippen LogP contribution >= 0.6 is 0 Å². The van der Waals surface area contributed by atoms with Crippen LogP contribution in [-0.4, -0.2) is 69.1 Å². The van der Waals surface area contributed by atoms with Crippen molar-refractivity contribution in [3.8, 4) is 0 Å². The second-order valence-electron chi connectivity index (χ2n) is 3.34. The summed E-state index contributed by atoms with van der Waals surface area (Å²) in [4.78, 5) is 11.1. The fourth-order valence-electron chi connectivity index (χ4n) is 0.950. The van der Waals surface area contributed by atoms with Crippen LogP contribution in [0.2, 0.25) is 0 Å². The molecule has 0 amide bonds. The van der Waals surface area contributed by atoms with E-state index in [-0.39, 0.29) is 6.61 Å². The van der Waals surface area contributed by atoms with E-state index < -0.39 is 37.0 Å². The molecular formula is C9H18O7. The molecule has 7 heteroatoms. The summed E-state index contributed by atoms with van der Waals surface area (Å²) in [6.45, 7) is 1.04. The van der Waals surface area contributed by atoms with Crippen molar-refractivity contribution in [1.29, 1.82) is 0 Å². The van der Waals surface area contributed by atoms with Gasteiger partial charge in [0.05, 0.1) is 13.2 Å². The molecule has 0 rings (SSSR count). The molecule has 96 valence electrons. The van der Waals surface area contributed by atoms with E-state index in [1.165, 1.54) is 0 Å². The molecular weight excluding hydrogens is 220 g/mol. The predicted molar refractivity (Wildman–Crippen MR) is 52.4 cm³/mol. The summed E-state index contributed by atoms with van der Waals surface area (Å²) in [5, 5.41) is 45.2. The van der Waals surface area contributed by atoms with E-state index in [1.807, 2.05) is 0 Å². The minimum absolute atomic E-state index is 0.0846. The lowest BCUT2D eigenvalue weighted by Crippen LogP contribution is -2.49. The van der Waals surface area contributed by atoms with Crippen molar-refractivity contribution in [1.82, 2.24) is 0 Å². The number of aliphatic hydroxyl groups excluding tert-OH is 5. The average Bonchev–Trinajstić information content (AvgIpc) is 2.31. The lowest BCUT2D eigenvalue weighted by Gasteiger charge is -2.24. The van der Waals surface area contributed by atoms with Crippen molar-refractivity contribution in [2.24, 2.45) is 0 Å². The number of esters is 1. The van der Waals surface area contributed by atoms with Gasteiger partial charge in [0.15, 0.2) is 6.10 Å². The Kier molecular flexibility index (Phi) is 7.18. The molecule has 0 saturated carbocycles. The number of carbonyl (C=O) groups is 1. The first kappa shape index (κ1) is 15.3. The Morgan fingerprint density at radius 3 is 2.19 bits per heavy atom. The number of aliphatic hydroxyl groups is 5. The highest BCUT2D eigenvalue weighted by Gasteiger charge is 2.34. The fourth-order valence-corrected chi connectivity index (χ4v) is 0.950. The van der Waals surface area contributed by atoms with Crippen LogP contribution in [0.1, 0.15) is 13.3 Å². The largest absolute Gasteiger partial charge is 0.464 e. The van der Waals surface area contributed by atoms with Gasteiger partial charge in [0.2, 0.25) is 0 Å². The number of hydrogen-bond acceptors (Lipinski definition) is 7. The molecule has 0 saturated heterocycles. The van der Waals surface area contributed by atoms with Crippen molar-refractivity contribution < 1.29 is 35.1 Å². The summed E-state index contributed by atoms with van der Waals surface area (Å²) in [7, 11) is 0.